The molecule has 4 aromatic rings. The predicted octanol–water partition coefficient (Wildman–Crippen LogP) is 3.32. The molecule has 33 heavy (non-hydrogen) atoms. The summed E-state index contributed by atoms with van der Waals surface area (Å²) in [6.45, 7) is 4.00. The number of H-pyrrole nitrogens is 1. The van der Waals surface area contributed by atoms with Crippen molar-refractivity contribution in [3.63, 3.8) is 0 Å². The maximum absolute atomic E-state index is 12.5. The molecule has 168 valence electrons. The Bertz CT molecular complexity index is 1380. The van der Waals surface area contributed by atoms with Crippen LogP contribution in [0.3, 0.4) is 0 Å². The zero-order valence-corrected chi connectivity index (χ0v) is 18.8. The fraction of sp³-hybridized carbons (Fsp3) is 0.174. The molecular weight excluding hydrogens is 442 g/mol. The summed E-state index contributed by atoms with van der Waals surface area (Å²) < 4.78 is 6.55. The van der Waals surface area contributed by atoms with Crippen molar-refractivity contribution >= 4 is 40.4 Å². The Morgan fingerprint density at radius 3 is 2.70 bits per heavy atom. The van der Waals surface area contributed by atoms with Crippen molar-refractivity contribution in [2.75, 3.05) is 17.7 Å². The number of aromatic nitrogens is 4. The van der Waals surface area contributed by atoms with Gasteiger partial charge in [0.1, 0.15) is 5.39 Å². The zero-order valence-electron chi connectivity index (χ0n) is 18.0. The number of amides is 1. The largest absolute Gasteiger partial charge is 0.462 e. The molecular formula is C23H21N5O4S. The third-order valence-corrected chi connectivity index (χ3v) is 5.56. The monoisotopic (exact) mass is 463 g/mol. The highest BCUT2D eigenvalue weighted by atomic mass is 32.2. The summed E-state index contributed by atoms with van der Waals surface area (Å²) in [5, 5.41) is 7.74. The maximum Gasteiger partial charge on any atom is 0.338 e. The van der Waals surface area contributed by atoms with E-state index in [2.05, 4.69) is 20.4 Å². The lowest BCUT2D eigenvalue weighted by atomic mass is 10.2. The number of nitrogens with one attached hydrogen (secondary N) is 2. The highest BCUT2D eigenvalue weighted by Crippen LogP contribution is 2.19. The van der Waals surface area contributed by atoms with Crippen molar-refractivity contribution in [3.8, 4) is 5.69 Å². The maximum atomic E-state index is 12.5. The molecule has 0 radical (unpaired) electrons. The molecule has 0 unspecified atom stereocenters. The van der Waals surface area contributed by atoms with Crippen molar-refractivity contribution in [2.24, 2.45) is 0 Å². The van der Waals surface area contributed by atoms with E-state index in [0.717, 1.165) is 23.0 Å². The minimum absolute atomic E-state index is 0.0344. The number of ether oxygens (including phenoxy) is 1. The summed E-state index contributed by atoms with van der Waals surface area (Å²) in [6.07, 6.45) is 1.48. The highest BCUT2D eigenvalue weighted by molar-refractivity contribution is 7.99. The minimum atomic E-state index is -0.416. The van der Waals surface area contributed by atoms with Crippen LogP contribution in [0.2, 0.25) is 0 Å². The van der Waals surface area contributed by atoms with E-state index < -0.39 is 5.97 Å². The van der Waals surface area contributed by atoms with Gasteiger partial charge < -0.3 is 15.0 Å². The first kappa shape index (κ1) is 22.3. The number of nitrogens with zero attached hydrogens (tertiary/aromatic N) is 3. The first-order valence-corrected chi connectivity index (χ1v) is 11.2. The molecule has 0 aliphatic heterocycles. The first-order valence-electron chi connectivity index (χ1n) is 10.2. The van der Waals surface area contributed by atoms with Crippen molar-refractivity contribution in [1.82, 2.24) is 19.7 Å². The molecule has 2 heterocycles. The number of aromatic amines is 1. The molecule has 0 spiro atoms. The van der Waals surface area contributed by atoms with Gasteiger partial charge in [-0.05, 0) is 55.8 Å². The summed E-state index contributed by atoms with van der Waals surface area (Å²) in [7, 11) is 0. The molecule has 10 heteroatoms. The molecule has 0 atom stereocenters. The second-order valence-corrected chi connectivity index (χ2v) is 8.10. The smallest absolute Gasteiger partial charge is 0.338 e. The van der Waals surface area contributed by atoms with Crippen LogP contribution in [0.5, 0.6) is 0 Å². The number of thioether (sulfide) groups is 1. The van der Waals surface area contributed by atoms with E-state index >= 15 is 0 Å². The van der Waals surface area contributed by atoms with Gasteiger partial charge in [-0.1, -0.05) is 23.9 Å². The molecule has 9 nitrogen and oxygen atoms in total. The van der Waals surface area contributed by atoms with Gasteiger partial charge in [-0.15, -0.1) is 0 Å². The number of hydrogen-bond acceptors (Lipinski definition) is 7. The van der Waals surface area contributed by atoms with E-state index in [1.165, 1.54) is 6.20 Å². The first-order chi connectivity index (χ1) is 15.9. The molecule has 2 aromatic carbocycles. The van der Waals surface area contributed by atoms with E-state index in [4.69, 9.17) is 4.74 Å². The molecule has 0 saturated heterocycles. The van der Waals surface area contributed by atoms with Gasteiger partial charge in [-0.3, -0.25) is 9.59 Å². The third kappa shape index (κ3) is 5.12. The van der Waals surface area contributed by atoms with Crippen LogP contribution < -0.4 is 10.9 Å². The summed E-state index contributed by atoms with van der Waals surface area (Å²) in [5.74, 6) is -0.660. The van der Waals surface area contributed by atoms with Crippen molar-refractivity contribution in [1.29, 1.82) is 0 Å². The molecule has 2 N–H and O–H groups in total. The molecule has 0 aliphatic rings. The third-order valence-electron chi connectivity index (χ3n) is 4.68. The number of fused-ring (bicyclic) bond motifs is 1. The average molecular weight is 464 g/mol. The van der Waals surface area contributed by atoms with E-state index in [0.29, 0.717) is 34.0 Å². The Morgan fingerprint density at radius 2 is 1.97 bits per heavy atom. The van der Waals surface area contributed by atoms with Gasteiger partial charge in [-0.2, -0.15) is 5.10 Å². The number of rotatable bonds is 7. The van der Waals surface area contributed by atoms with Gasteiger partial charge in [0.25, 0.3) is 5.56 Å². The fourth-order valence-electron chi connectivity index (χ4n) is 3.15. The second-order valence-electron chi connectivity index (χ2n) is 7.14. The van der Waals surface area contributed by atoms with Gasteiger partial charge in [0.05, 0.1) is 29.8 Å². The lowest BCUT2D eigenvalue weighted by molar-refractivity contribution is -0.113. The van der Waals surface area contributed by atoms with Gasteiger partial charge >= 0.3 is 5.97 Å². The van der Waals surface area contributed by atoms with E-state index in [1.54, 1.807) is 35.9 Å². The van der Waals surface area contributed by atoms with Crippen LogP contribution in [-0.2, 0) is 9.53 Å². The number of esters is 1. The topological polar surface area (TPSA) is 119 Å². The lowest BCUT2D eigenvalue weighted by Gasteiger charge is -2.07. The Kier molecular flexibility index (Phi) is 6.55. The predicted molar refractivity (Wildman–Crippen MR) is 126 cm³/mol. The number of carbonyl (C=O) groups is 2. The van der Waals surface area contributed by atoms with Crippen LogP contribution >= 0.6 is 11.8 Å². The quantitative estimate of drug-likeness (QED) is 0.245. The Balaban J connectivity index is 1.46. The van der Waals surface area contributed by atoms with E-state index in [-0.39, 0.29) is 17.2 Å². The summed E-state index contributed by atoms with van der Waals surface area (Å²) in [6, 6.07) is 14.1. The van der Waals surface area contributed by atoms with Gasteiger partial charge in [0, 0.05) is 5.69 Å². The molecule has 0 aliphatic carbocycles. The Morgan fingerprint density at radius 1 is 1.18 bits per heavy atom. The second kappa shape index (κ2) is 9.70. The van der Waals surface area contributed by atoms with Crippen LogP contribution in [0.1, 0.15) is 22.8 Å². The fourth-order valence-corrected chi connectivity index (χ4v) is 3.81. The summed E-state index contributed by atoms with van der Waals surface area (Å²) in [5.41, 5.74) is 2.90. The molecule has 0 bridgehead atoms. The highest BCUT2D eigenvalue weighted by Gasteiger charge is 2.13. The number of hydrogen-bond donors (Lipinski definition) is 2. The molecule has 0 fully saturated rings. The van der Waals surface area contributed by atoms with Gasteiger partial charge in [0.15, 0.2) is 10.8 Å². The van der Waals surface area contributed by atoms with Crippen LogP contribution in [-0.4, -0.2) is 44.0 Å². The summed E-state index contributed by atoms with van der Waals surface area (Å²) in [4.78, 5) is 43.8. The van der Waals surface area contributed by atoms with Gasteiger partial charge in [-0.25, -0.2) is 14.5 Å². The van der Waals surface area contributed by atoms with Crippen molar-refractivity contribution in [3.05, 3.63) is 76.2 Å². The summed E-state index contributed by atoms with van der Waals surface area (Å²) >= 11 is 1.11. The average Bonchev–Trinajstić information content (AvgIpc) is 3.23. The number of aryl methyl sites for hydroxylation is 1. The Labute approximate surface area is 193 Å². The molecule has 2 aromatic heterocycles. The standard InChI is InChI=1S/C23H21N5O4S/c1-3-32-22(31)15-7-9-16(10-8-15)25-19(29)13-33-23-26-20-18(21(30)27-23)12-24-28(20)17-6-4-5-14(2)11-17/h4-12H,3,13H2,1-2H3,(H,25,29)(H,26,27,30). The van der Waals surface area contributed by atoms with E-state index in [9.17, 15) is 14.4 Å². The van der Waals surface area contributed by atoms with Crippen molar-refractivity contribution < 1.29 is 14.3 Å². The van der Waals surface area contributed by atoms with Crippen LogP contribution in [0.15, 0.2) is 64.7 Å². The van der Waals surface area contributed by atoms with Crippen molar-refractivity contribution in [2.45, 2.75) is 19.0 Å². The zero-order chi connectivity index (χ0) is 23.4. The van der Waals surface area contributed by atoms with Gasteiger partial charge in [0.2, 0.25) is 5.91 Å². The lowest BCUT2D eigenvalue weighted by Crippen LogP contribution is -2.16. The van der Waals surface area contributed by atoms with Crippen LogP contribution in [0, 0.1) is 6.92 Å². The molecule has 1 amide bonds. The Hall–Kier alpha value is -3.92. The van der Waals surface area contributed by atoms with E-state index in [1.807, 2.05) is 31.2 Å². The van der Waals surface area contributed by atoms with Crippen LogP contribution in [0.4, 0.5) is 5.69 Å². The SMILES string of the molecule is CCOC(=O)c1ccc(NC(=O)CSc2nc3c(cnn3-c3cccc(C)c3)c(=O)[nH]2)cc1. The number of anilines is 1. The molecule has 0 saturated carbocycles. The number of carbonyl (C=O) groups excluding carboxylic acids is 2. The normalized spacial score (nSPS) is 10.8. The minimum Gasteiger partial charge on any atom is -0.462 e. The number of benzene rings is 2. The van der Waals surface area contributed by atoms with Crippen LogP contribution in [0.25, 0.3) is 16.7 Å². The molecule has 4 rings (SSSR count).